The molecule has 8 heterocycles. The topological polar surface area (TPSA) is 148 Å². The molecular formula is C52H84N12O2S3Si+4. The lowest BCUT2D eigenvalue weighted by atomic mass is 10.1. The second kappa shape index (κ2) is 23.5. The Labute approximate surface area is 432 Å². The predicted octanol–water partition coefficient (Wildman–Crippen LogP) is 0.471. The molecule has 0 aliphatic carbocycles. The van der Waals surface area contributed by atoms with Gasteiger partial charge in [-0.15, -0.1) is 0 Å². The number of guanidine groups is 4. The first kappa shape index (κ1) is 50.6. The van der Waals surface area contributed by atoms with Crippen LogP contribution in [-0.2, 0) is 4.43 Å². The molecule has 0 amide bonds. The summed E-state index contributed by atoms with van der Waals surface area (Å²) in [5.41, 5.74) is 0. The van der Waals surface area contributed by atoms with E-state index >= 15 is 0 Å². The number of benzene rings is 2. The molecule has 2 aromatic carbocycles. The molecule has 9 N–H and O–H groups in total. The van der Waals surface area contributed by atoms with Crippen molar-refractivity contribution in [2.45, 2.75) is 126 Å². The molecule has 382 valence electrons. The monoisotopic (exact) mass is 1030 g/mol. The van der Waals surface area contributed by atoms with Gasteiger partial charge in [-0.25, -0.2) is 40.4 Å². The van der Waals surface area contributed by atoms with Crippen LogP contribution in [0.25, 0.3) is 0 Å². The van der Waals surface area contributed by atoms with Gasteiger partial charge in [0.05, 0.1) is 51.5 Å². The largest absolute Gasteiger partial charge is 0.441 e. The lowest BCUT2D eigenvalue weighted by molar-refractivity contribution is -0.691. The Morgan fingerprint density at radius 2 is 1.04 bits per heavy atom. The minimum atomic E-state index is -2.58. The number of nitrogens with one attached hydrogen (secondary N) is 4. The first-order chi connectivity index (χ1) is 34.2. The first-order valence-electron chi connectivity index (χ1n) is 26.9. The molecule has 8 atom stereocenters. The SMILES string of the molecule is CC(C)(C)[Si](OC[C@H]1CC[N+]2=C(N1)[NH2+][C@@H](CSC[C@H]1CCN3CC[C@H](CSC[C@H]4CCN5CC[C@H](CSC[C@H]6CC[N+]7=C(N[C@@H](CO)CC7)[NH2+]6)NC5=N4)N=C3N1)CC2)(c1ccccc1)c1ccccc1. The molecule has 8 aliphatic rings. The van der Waals surface area contributed by atoms with Gasteiger partial charge >= 0.3 is 11.9 Å². The maximum Gasteiger partial charge on any atom is 0.441 e. The molecule has 0 saturated carbocycles. The molecule has 0 aromatic heterocycles. The Morgan fingerprint density at radius 3 is 1.54 bits per heavy atom. The van der Waals surface area contributed by atoms with Crippen LogP contribution >= 0.6 is 35.3 Å². The highest BCUT2D eigenvalue weighted by Crippen LogP contribution is 2.37. The number of thioether (sulfide) groups is 3. The zero-order chi connectivity index (χ0) is 47.9. The number of rotatable bonds is 18. The molecule has 70 heavy (non-hydrogen) atoms. The first-order valence-corrected chi connectivity index (χ1v) is 32.3. The van der Waals surface area contributed by atoms with Crippen molar-refractivity contribution in [2.75, 3.05) is 100 Å². The Kier molecular flexibility index (Phi) is 17.0. The second-order valence-corrected chi connectivity index (χ2v) is 29.8. The van der Waals surface area contributed by atoms with Crippen molar-refractivity contribution in [3.8, 4) is 0 Å². The van der Waals surface area contributed by atoms with Crippen molar-refractivity contribution in [3.63, 3.8) is 0 Å². The van der Waals surface area contributed by atoms with Gasteiger partial charge in [-0.2, -0.15) is 35.3 Å². The van der Waals surface area contributed by atoms with Crippen LogP contribution in [0.5, 0.6) is 0 Å². The number of hydrogen-bond acceptors (Lipinski definition) is 13. The lowest BCUT2D eigenvalue weighted by Gasteiger charge is -2.43. The van der Waals surface area contributed by atoms with E-state index in [2.05, 4.69) is 168 Å². The molecule has 2 fully saturated rings. The Morgan fingerprint density at radius 1 is 0.586 bits per heavy atom. The number of nitrogens with zero attached hydrogens (tertiary/aromatic N) is 6. The van der Waals surface area contributed by atoms with Crippen LogP contribution in [0.4, 0.5) is 0 Å². The third-order valence-electron chi connectivity index (χ3n) is 16.1. The maximum absolute atomic E-state index is 9.65. The molecule has 14 nitrogen and oxygen atoms in total. The highest BCUT2D eigenvalue weighted by Gasteiger charge is 2.51. The van der Waals surface area contributed by atoms with E-state index in [9.17, 15) is 5.11 Å². The number of aliphatic imine (C=N–C) groups is 2. The fourth-order valence-electron chi connectivity index (χ4n) is 12.0. The van der Waals surface area contributed by atoms with E-state index in [4.69, 9.17) is 14.4 Å². The molecule has 18 heteroatoms. The van der Waals surface area contributed by atoms with Gasteiger partial charge in [-0.1, -0.05) is 81.4 Å². The molecule has 10 rings (SSSR count). The summed E-state index contributed by atoms with van der Waals surface area (Å²) in [7, 11) is -2.58. The van der Waals surface area contributed by atoms with E-state index in [0.29, 0.717) is 48.9 Å². The summed E-state index contributed by atoms with van der Waals surface area (Å²) < 4.78 is 12.4. The lowest BCUT2D eigenvalue weighted by Crippen LogP contribution is -3.00. The molecule has 0 spiro atoms. The van der Waals surface area contributed by atoms with Crippen LogP contribution in [0.15, 0.2) is 70.6 Å². The summed E-state index contributed by atoms with van der Waals surface area (Å²) >= 11 is 6.28. The van der Waals surface area contributed by atoms with E-state index in [1.165, 1.54) is 48.0 Å². The average molecular weight is 1030 g/mol. The Hall–Kier alpha value is -2.97. The zero-order valence-corrected chi connectivity index (χ0v) is 45.7. The third kappa shape index (κ3) is 12.2. The third-order valence-corrected chi connectivity index (χ3v) is 25.0. The van der Waals surface area contributed by atoms with Gasteiger partial charge in [0.15, 0.2) is 11.9 Å². The van der Waals surface area contributed by atoms with E-state index < -0.39 is 8.32 Å². The van der Waals surface area contributed by atoms with Gasteiger partial charge in [0.1, 0.15) is 24.2 Å². The summed E-state index contributed by atoms with van der Waals surface area (Å²) in [4.78, 5) is 15.6. The molecule has 0 bridgehead atoms. The van der Waals surface area contributed by atoms with E-state index in [0.717, 1.165) is 124 Å². The van der Waals surface area contributed by atoms with Gasteiger partial charge in [-0.3, -0.25) is 0 Å². The molecule has 2 saturated heterocycles. The molecular weight excluding hydrogens is 949 g/mol. The zero-order valence-electron chi connectivity index (χ0n) is 42.3. The minimum absolute atomic E-state index is 0.0244. The van der Waals surface area contributed by atoms with Crippen LogP contribution in [0.1, 0.15) is 72.1 Å². The molecule has 2 aromatic rings. The number of fused-ring (bicyclic) bond motifs is 2. The highest BCUT2D eigenvalue weighted by atomic mass is 32.2. The van der Waals surface area contributed by atoms with Crippen LogP contribution in [0, 0.1) is 0 Å². The number of aliphatic hydroxyl groups excluding tert-OH is 1. The normalized spacial score (nSPS) is 29.3. The predicted molar refractivity (Wildman–Crippen MR) is 294 cm³/mol. The second-order valence-electron chi connectivity index (χ2n) is 22.2. The van der Waals surface area contributed by atoms with Crippen molar-refractivity contribution < 1.29 is 29.3 Å². The summed E-state index contributed by atoms with van der Waals surface area (Å²) in [5, 5.41) is 32.6. The summed E-state index contributed by atoms with van der Waals surface area (Å²) in [6.45, 7) is 16.9. The quantitative estimate of drug-likeness (QED) is 0.0827. The van der Waals surface area contributed by atoms with E-state index in [1.807, 2.05) is 0 Å². The highest BCUT2D eigenvalue weighted by molar-refractivity contribution is 7.99. The number of nitrogens with two attached hydrogens (primary N) is 2. The van der Waals surface area contributed by atoms with Gasteiger partial charge in [0.25, 0.3) is 8.32 Å². The van der Waals surface area contributed by atoms with Gasteiger partial charge in [0, 0.05) is 98.5 Å². The smallest absolute Gasteiger partial charge is 0.403 e. The van der Waals surface area contributed by atoms with Gasteiger partial charge in [0.2, 0.25) is 0 Å². The van der Waals surface area contributed by atoms with Crippen LogP contribution in [0.2, 0.25) is 5.04 Å². The van der Waals surface area contributed by atoms with Crippen LogP contribution in [0.3, 0.4) is 0 Å². The average Bonchev–Trinajstić information content (AvgIpc) is 3.38. The van der Waals surface area contributed by atoms with E-state index in [-0.39, 0.29) is 17.7 Å². The van der Waals surface area contributed by atoms with Crippen molar-refractivity contribution in [1.29, 1.82) is 0 Å². The fraction of sp³-hybridized carbons (Fsp3) is 0.692. The van der Waals surface area contributed by atoms with Gasteiger partial charge in [-0.05, 0) is 41.1 Å². The van der Waals surface area contributed by atoms with Gasteiger partial charge < -0.3 is 30.0 Å². The van der Waals surface area contributed by atoms with Crippen molar-refractivity contribution in [3.05, 3.63) is 60.7 Å². The number of hydrogen-bond donors (Lipinski definition) is 7. The summed E-state index contributed by atoms with van der Waals surface area (Å²) in [6, 6.07) is 25.5. The van der Waals surface area contributed by atoms with Crippen molar-refractivity contribution in [1.82, 2.24) is 31.1 Å². The Bertz CT molecular complexity index is 2140. The summed E-state index contributed by atoms with van der Waals surface area (Å²) in [6.07, 6.45) is 9.26. The fourth-order valence-corrected chi connectivity index (χ4v) is 20.2. The van der Waals surface area contributed by atoms with Crippen LogP contribution in [-0.4, -0.2) is 205 Å². The van der Waals surface area contributed by atoms with E-state index in [1.54, 1.807) is 0 Å². The Balaban J connectivity index is 0.638. The number of quaternary nitrogens is 2. The minimum Gasteiger partial charge on any atom is -0.403 e. The van der Waals surface area contributed by atoms with Crippen LogP contribution < -0.4 is 42.3 Å². The molecule has 0 unspecified atom stereocenters. The maximum atomic E-state index is 9.65. The van der Waals surface area contributed by atoms with Crippen molar-refractivity contribution in [2.24, 2.45) is 9.98 Å². The summed E-state index contributed by atoms with van der Waals surface area (Å²) in [5.74, 6) is 11.6. The van der Waals surface area contributed by atoms with Crippen molar-refractivity contribution >= 4 is 77.8 Å². The molecule has 8 aliphatic heterocycles. The standard InChI is InChI=1S/C52H80N12O2S3Si/c1-52(2,3)70(46-10-6-4-7-11-46,47-12-8-5-9-13-47)66-31-39-15-23-62-25-17-41(56-49(62)54-39)33-68-35-43-19-27-64-29-21-45(60-51(64)58-43)37-69-36-44-20-28-63-26-18-42(57-50(63)59-44)34-67-32-40-16-24-61-22-14-38(30-65)53-48(61)55-40/h4-13,38-45,65H,14-37H2,1-3H3,(H4,53,54,55,56,57,58,59,60)/p+4/t38-,39-,40-,41-,42-,43-,44-,45-/m1/s1. The molecule has 0 radical (unpaired) electrons. The number of aliphatic hydroxyl groups is 1.